The van der Waals surface area contributed by atoms with Gasteiger partial charge in [-0.1, -0.05) is 19.4 Å². The van der Waals surface area contributed by atoms with E-state index in [0.29, 0.717) is 17.5 Å². The number of hydrogen-bond donors (Lipinski definition) is 2. The van der Waals surface area contributed by atoms with Gasteiger partial charge in [0.2, 0.25) is 0 Å². The predicted octanol–water partition coefficient (Wildman–Crippen LogP) is 4.39. The van der Waals surface area contributed by atoms with Crippen LogP contribution in [-0.4, -0.2) is 26.5 Å². The van der Waals surface area contributed by atoms with Gasteiger partial charge in [-0.15, -0.1) is 0 Å². The number of benzene rings is 1. The van der Waals surface area contributed by atoms with Crippen molar-refractivity contribution >= 4 is 17.1 Å². The van der Waals surface area contributed by atoms with Crippen LogP contribution in [0.1, 0.15) is 69.4 Å². The van der Waals surface area contributed by atoms with Crippen LogP contribution in [0.2, 0.25) is 0 Å². The maximum Gasteiger partial charge on any atom is 0.263 e. The van der Waals surface area contributed by atoms with Gasteiger partial charge >= 0.3 is 0 Å². The first-order valence-electron chi connectivity index (χ1n) is 11.6. The van der Waals surface area contributed by atoms with E-state index in [2.05, 4.69) is 6.92 Å². The van der Waals surface area contributed by atoms with Crippen LogP contribution in [-0.2, 0) is 13.2 Å². The summed E-state index contributed by atoms with van der Waals surface area (Å²) in [5, 5.41) is 21.2. The zero-order valence-electron chi connectivity index (χ0n) is 17.8. The third-order valence-corrected chi connectivity index (χ3v) is 7.73. The summed E-state index contributed by atoms with van der Waals surface area (Å²) in [6, 6.07) is 5.43. The molecule has 6 rings (SSSR count). The number of aromatic nitrogens is 1. The number of hydrogen-bond acceptors (Lipinski definition) is 4. The molecule has 1 aromatic heterocycles. The van der Waals surface area contributed by atoms with Crippen molar-refractivity contribution in [2.75, 3.05) is 0 Å². The zero-order chi connectivity index (χ0) is 20.9. The Bertz CT molecular complexity index is 1020. The largest absolute Gasteiger partial charge is 0.506 e. The maximum absolute atomic E-state index is 13.3. The molecule has 2 N–H and O–H groups in total. The summed E-state index contributed by atoms with van der Waals surface area (Å²) in [4.78, 5) is 18.4. The van der Waals surface area contributed by atoms with E-state index in [1.807, 2.05) is 12.1 Å². The molecular formula is C25H32N2O3. The van der Waals surface area contributed by atoms with Gasteiger partial charge in [0.25, 0.3) is 5.56 Å². The Morgan fingerprint density at radius 1 is 1.17 bits per heavy atom. The molecule has 0 aliphatic heterocycles. The van der Waals surface area contributed by atoms with Crippen LogP contribution in [0.5, 0.6) is 5.75 Å². The molecule has 0 unspecified atom stereocenters. The molecule has 160 valence electrons. The van der Waals surface area contributed by atoms with Crippen molar-refractivity contribution in [1.82, 2.24) is 4.57 Å². The van der Waals surface area contributed by atoms with E-state index in [1.165, 1.54) is 19.3 Å². The van der Waals surface area contributed by atoms with Crippen LogP contribution < -0.4 is 5.56 Å². The number of rotatable bonds is 6. The Labute approximate surface area is 177 Å². The Balaban J connectivity index is 1.59. The minimum Gasteiger partial charge on any atom is -0.506 e. The van der Waals surface area contributed by atoms with Gasteiger partial charge in [0.1, 0.15) is 11.3 Å². The van der Waals surface area contributed by atoms with Gasteiger partial charge in [-0.3, -0.25) is 9.79 Å². The number of unbranched alkanes of at least 4 members (excludes halogenated alkanes) is 1. The molecule has 0 amide bonds. The fourth-order valence-electron chi connectivity index (χ4n) is 6.69. The van der Waals surface area contributed by atoms with Gasteiger partial charge in [-0.25, -0.2) is 0 Å². The number of aliphatic hydroxyl groups excluding tert-OH is 1. The van der Waals surface area contributed by atoms with Crippen LogP contribution in [0.4, 0.5) is 0 Å². The van der Waals surface area contributed by atoms with Gasteiger partial charge in [-0.2, -0.15) is 0 Å². The lowest BCUT2D eigenvalue weighted by atomic mass is 9.53. The van der Waals surface area contributed by atoms with Gasteiger partial charge in [0.15, 0.2) is 0 Å². The number of pyridine rings is 1. The molecule has 0 spiro atoms. The molecular weight excluding hydrogens is 376 g/mol. The monoisotopic (exact) mass is 408 g/mol. The molecule has 2 aromatic rings. The van der Waals surface area contributed by atoms with E-state index in [1.54, 1.807) is 16.8 Å². The Morgan fingerprint density at radius 3 is 2.43 bits per heavy atom. The lowest BCUT2D eigenvalue weighted by Crippen LogP contribution is -2.49. The smallest absolute Gasteiger partial charge is 0.263 e. The normalized spacial score (nSPS) is 30.0. The summed E-state index contributed by atoms with van der Waals surface area (Å²) >= 11 is 0. The summed E-state index contributed by atoms with van der Waals surface area (Å²) in [6.45, 7) is 2.62. The summed E-state index contributed by atoms with van der Waals surface area (Å²) in [6.07, 6.45) is 11.0. The zero-order valence-corrected chi connectivity index (χ0v) is 17.8. The van der Waals surface area contributed by atoms with E-state index in [0.717, 1.165) is 60.9 Å². The number of nitrogens with zero attached hydrogens (tertiary/aromatic N) is 2. The van der Waals surface area contributed by atoms with Gasteiger partial charge < -0.3 is 14.8 Å². The Kier molecular flexibility index (Phi) is 4.97. The van der Waals surface area contributed by atoms with Crippen LogP contribution in [0.3, 0.4) is 0 Å². The minimum atomic E-state index is -0.168. The summed E-state index contributed by atoms with van der Waals surface area (Å²) in [7, 11) is 0. The predicted molar refractivity (Wildman–Crippen MR) is 119 cm³/mol. The number of aromatic hydroxyl groups is 1. The average Bonchev–Trinajstić information content (AvgIpc) is 2.72. The van der Waals surface area contributed by atoms with Crippen LogP contribution >= 0.6 is 0 Å². The van der Waals surface area contributed by atoms with E-state index in [9.17, 15) is 15.0 Å². The number of aliphatic imine (C=N–C) groups is 1. The second-order valence-corrected chi connectivity index (χ2v) is 9.98. The van der Waals surface area contributed by atoms with E-state index in [-0.39, 0.29) is 23.5 Å². The molecule has 1 heterocycles. The fourth-order valence-corrected chi connectivity index (χ4v) is 6.69. The first-order valence-corrected chi connectivity index (χ1v) is 11.6. The average molecular weight is 409 g/mol. The van der Waals surface area contributed by atoms with Crippen molar-refractivity contribution in [3.63, 3.8) is 0 Å². The molecule has 4 aliphatic rings. The van der Waals surface area contributed by atoms with E-state index in [4.69, 9.17) is 4.99 Å². The minimum absolute atomic E-state index is 0.00785. The highest BCUT2D eigenvalue weighted by Crippen LogP contribution is 2.57. The van der Waals surface area contributed by atoms with Crippen LogP contribution in [0, 0.1) is 17.8 Å². The van der Waals surface area contributed by atoms with E-state index < -0.39 is 0 Å². The van der Waals surface area contributed by atoms with Gasteiger partial charge in [0, 0.05) is 18.1 Å². The molecule has 0 radical (unpaired) electrons. The molecule has 1 aromatic carbocycles. The van der Waals surface area contributed by atoms with E-state index >= 15 is 0 Å². The fraction of sp³-hybridized carbons (Fsp3) is 0.600. The highest BCUT2D eigenvalue weighted by molar-refractivity contribution is 5.95. The van der Waals surface area contributed by atoms with Crippen molar-refractivity contribution in [1.29, 1.82) is 0 Å². The molecule has 0 saturated heterocycles. The standard InChI is InChI=1S/C25H32N2O3/c1-2-3-6-27-22-5-4-16(15-28)10-20(22)23(29)21(24(27)30)14-26-25-11-17-7-18(12-25)9-19(8-17)13-25/h4-5,10,14,17-19,28-29H,2-3,6-9,11-13,15H2,1H3. The Morgan fingerprint density at radius 2 is 1.83 bits per heavy atom. The summed E-state index contributed by atoms with van der Waals surface area (Å²) in [5.41, 5.74) is 1.53. The molecule has 4 saturated carbocycles. The number of fused-ring (bicyclic) bond motifs is 1. The van der Waals surface area contributed by atoms with Crippen molar-refractivity contribution in [2.24, 2.45) is 22.7 Å². The second kappa shape index (κ2) is 7.52. The molecule has 5 heteroatoms. The quantitative estimate of drug-likeness (QED) is 0.696. The van der Waals surface area contributed by atoms with Crippen molar-refractivity contribution in [3.05, 3.63) is 39.7 Å². The topological polar surface area (TPSA) is 74.8 Å². The number of aliphatic hydroxyl groups is 1. The van der Waals surface area contributed by atoms with Crippen molar-refractivity contribution in [2.45, 2.75) is 77.0 Å². The van der Waals surface area contributed by atoms with Crippen molar-refractivity contribution in [3.8, 4) is 5.75 Å². The molecule has 4 bridgehead atoms. The van der Waals surface area contributed by atoms with Crippen LogP contribution in [0.15, 0.2) is 28.0 Å². The third-order valence-electron chi connectivity index (χ3n) is 7.73. The molecule has 4 aliphatic carbocycles. The highest BCUT2D eigenvalue weighted by atomic mass is 16.3. The summed E-state index contributed by atoms with van der Waals surface area (Å²) in [5.74, 6) is 2.34. The third kappa shape index (κ3) is 3.27. The molecule has 0 atom stereocenters. The van der Waals surface area contributed by atoms with Gasteiger partial charge in [-0.05, 0) is 80.4 Å². The summed E-state index contributed by atoms with van der Waals surface area (Å²) < 4.78 is 1.76. The number of aryl methyl sites for hydroxylation is 1. The highest BCUT2D eigenvalue weighted by Gasteiger charge is 2.50. The second-order valence-electron chi connectivity index (χ2n) is 9.98. The Hall–Kier alpha value is -2.14. The maximum atomic E-state index is 13.3. The molecule has 5 nitrogen and oxygen atoms in total. The first kappa shape index (κ1) is 19.8. The van der Waals surface area contributed by atoms with Crippen molar-refractivity contribution < 1.29 is 10.2 Å². The van der Waals surface area contributed by atoms with Crippen LogP contribution in [0.25, 0.3) is 10.9 Å². The van der Waals surface area contributed by atoms with Gasteiger partial charge in [0.05, 0.1) is 17.7 Å². The molecule has 30 heavy (non-hydrogen) atoms. The molecule has 4 fully saturated rings. The lowest BCUT2D eigenvalue weighted by molar-refractivity contribution is 0.00194. The lowest BCUT2D eigenvalue weighted by Gasteiger charge is -2.54. The SMILES string of the molecule is CCCCn1c(=O)c(C=NC23CC4CC(CC(C4)C2)C3)c(O)c2cc(CO)ccc21. The first-order chi connectivity index (χ1) is 14.5.